The smallest absolute Gasteiger partial charge is 0.115 e. The predicted molar refractivity (Wildman–Crippen MR) is 83.3 cm³/mol. The third-order valence-electron chi connectivity index (χ3n) is 4.14. The maximum atomic E-state index is 9.62. The zero-order valence-corrected chi connectivity index (χ0v) is 12.1. The van der Waals surface area contributed by atoms with Crippen molar-refractivity contribution >= 4 is 5.69 Å². The van der Waals surface area contributed by atoms with Gasteiger partial charge in [-0.05, 0) is 67.1 Å². The molecule has 0 amide bonds. The maximum absolute atomic E-state index is 9.62. The summed E-state index contributed by atoms with van der Waals surface area (Å²) < 4.78 is 0. The number of hydrogen-bond donors (Lipinski definition) is 2. The summed E-state index contributed by atoms with van der Waals surface area (Å²) in [5.41, 5.74) is 5.29. The molecule has 1 aliphatic carbocycles. The summed E-state index contributed by atoms with van der Waals surface area (Å²) >= 11 is 0. The molecule has 1 atom stereocenters. The number of aromatic hydroxyl groups is 1. The Bertz CT molecular complexity index is 716. The van der Waals surface area contributed by atoms with Crippen LogP contribution in [0.5, 0.6) is 5.75 Å². The highest BCUT2D eigenvalue weighted by atomic mass is 16.3. The minimum Gasteiger partial charge on any atom is -0.508 e. The largest absolute Gasteiger partial charge is 0.508 e. The van der Waals surface area contributed by atoms with Gasteiger partial charge in [-0.2, -0.15) is 5.26 Å². The van der Waals surface area contributed by atoms with Gasteiger partial charge in [0.2, 0.25) is 0 Å². The highest BCUT2D eigenvalue weighted by Crippen LogP contribution is 2.35. The molecule has 0 saturated carbocycles. The lowest BCUT2D eigenvalue weighted by Gasteiger charge is -2.28. The average molecular weight is 278 g/mol. The average Bonchev–Trinajstić information content (AvgIpc) is 2.49. The van der Waals surface area contributed by atoms with Crippen LogP contribution in [0.15, 0.2) is 36.4 Å². The third kappa shape index (κ3) is 2.71. The Morgan fingerprint density at radius 1 is 1.24 bits per heavy atom. The van der Waals surface area contributed by atoms with Gasteiger partial charge in [-0.15, -0.1) is 0 Å². The van der Waals surface area contributed by atoms with Gasteiger partial charge in [-0.25, -0.2) is 0 Å². The van der Waals surface area contributed by atoms with E-state index in [4.69, 9.17) is 5.26 Å². The van der Waals surface area contributed by atoms with Crippen molar-refractivity contribution in [3.63, 3.8) is 0 Å². The number of nitrogens with one attached hydrogen (secondary N) is 1. The van der Waals surface area contributed by atoms with Gasteiger partial charge in [-0.1, -0.05) is 12.1 Å². The molecule has 0 saturated heterocycles. The van der Waals surface area contributed by atoms with Crippen LogP contribution >= 0.6 is 0 Å². The number of benzene rings is 2. The Morgan fingerprint density at radius 2 is 2.10 bits per heavy atom. The number of nitrogens with zero attached hydrogens (tertiary/aromatic N) is 1. The Labute approximate surface area is 124 Å². The molecule has 3 nitrogen and oxygen atoms in total. The summed E-state index contributed by atoms with van der Waals surface area (Å²) in [7, 11) is 0. The van der Waals surface area contributed by atoms with E-state index in [1.807, 2.05) is 37.3 Å². The van der Waals surface area contributed by atoms with Crippen LogP contribution in [0.25, 0.3) is 0 Å². The number of phenolic OH excluding ortho intramolecular Hbond substituents is 1. The van der Waals surface area contributed by atoms with E-state index in [2.05, 4.69) is 11.4 Å². The molecule has 0 aliphatic heterocycles. The predicted octanol–water partition coefficient (Wildman–Crippen LogP) is 4.06. The van der Waals surface area contributed by atoms with Crippen LogP contribution in [-0.2, 0) is 6.42 Å². The lowest BCUT2D eigenvalue weighted by molar-refractivity contribution is 0.472. The van der Waals surface area contributed by atoms with E-state index in [1.54, 1.807) is 6.07 Å². The Kier molecular flexibility index (Phi) is 3.53. The molecule has 3 heteroatoms. The topological polar surface area (TPSA) is 56.0 Å². The lowest BCUT2D eigenvalue weighted by atomic mass is 9.87. The summed E-state index contributed by atoms with van der Waals surface area (Å²) in [4.78, 5) is 0. The van der Waals surface area contributed by atoms with E-state index >= 15 is 0 Å². The zero-order valence-electron chi connectivity index (χ0n) is 12.1. The van der Waals surface area contributed by atoms with Crippen molar-refractivity contribution < 1.29 is 5.11 Å². The SMILES string of the molecule is Cc1ccc(C#N)cc1NC1CCCc2cc(O)ccc21. The van der Waals surface area contributed by atoms with Gasteiger partial charge in [-0.3, -0.25) is 0 Å². The van der Waals surface area contributed by atoms with Crippen molar-refractivity contribution in [1.29, 1.82) is 5.26 Å². The van der Waals surface area contributed by atoms with E-state index in [0.717, 1.165) is 30.5 Å². The van der Waals surface area contributed by atoms with Crippen LogP contribution < -0.4 is 5.32 Å². The monoisotopic (exact) mass is 278 g/mol. The van der Waals surface area contributed by atoms with E-state index in [-0.39, 0.29) is 6.04 Å². The second-order valence-corrected chi connectivity index (χ2v) is 5.61. The highest BCUT2D eigenvalue weighted by molar-refractivity contribution is 5.57. The molecule has 0 fully saturated rings. The molecule has 106 valence electrons. The standard InChI is InChI=1S/C18H18N2O/c1-12-5-6-13(11-19)9-18(12)20-17-4-2-3-14-10-15(21)7-8-16(14)17/h5-10,17,20-21H,2-4H2,1H3. The number of rotatable bonds is 2. The second kappa shape index (κ2) is 5.49. The van der Waals surface area contributed by atoms with Gasteiger partial charge in [0.1, 0.15) is 5.75 Å². The van der Waals surface area contributed by atoms with Crippen molar-refractivity contribution in [3.05, 3.63) is 58.7 Å². The molecule has 1 unspecified atom stereocenters. The van der Waals surface area contributed by atoms with Crippen molar-refractivity contribution in [2.24, 2.45) is 0 Å². The van der Waals surface area contributed by atoms with Gasteiger partial charge < -0.3 is 10.4 Å². The number of nitriles is 1. The van der Waals surface area contributed by atoms with Crippen molar-refractivity contribution in [2.45, 2.75) is 32.2 Å². The van der Waals surface area contributed by atoms with E-state index in [9.17, 15) is 5.11 Å². The maximum Gasteiger partial charge on any atom is 0.115 e. The fraction of sp³-hybridized carbons (Fsp3) is 0.278. The molecule has 0 spiro atoms. The first-order chi connectivity index (χ1) is 10.2. The third-order valence-corrected chi connectivity index (χ3v) is 4.14. The first-order valence-electron chi connectivity index (χ1n) is 7.26. The Hall–Kier alpha value is -2.47. The minimum absolute atomic E-state index is 0.238. The first kappa shape index (κ1) is 13.5. The molecule has 2 N–H and O–H groups in total. The van der Waals surface area contributed by atoms with Gasteiger partial charge in [0.05, 0.1) is 17.7 Å². The fourth-order valence-electron chi connectivity index (χ4n) is 2.99. The Morgan fingerprint density at radius 3 is 2.90 bits per heavy atom. The van der Waals surface area contributed by atoms with Crippen LogP contribution in [-0.4, -0.2) is 5.11 Å². The summed E-state index contributed by atoms with van der Waals surface area (Å²) in [6.07, 6.45) is 3.18. The number of anilines is 1. The summed E-state index contributed by atoms with van der Waals surface area (Å²) in [5, 5.41) is 22.2. The van der Waals surface area contributed by atoms with Crippen LogP contribution in [0, 0.1) is 18.3 Å². The molecular formula is C18H18N2O. The molecule has 0 radical (unpaired) electrons. The quantitative estimate of drug-likeness (QED) is 0.871. The number of fused-ring (bicyclic) bond motifs is 1. The van der Waals surface area contributed by atoms with Crippen LogP contribution in [0.3, 0.4) is 0 Å². The van der Waals surface area contributed by atoms with E-state index in [0.29, 0.717) is 11.3 Å². The van der Waals surface area contributed by atoms with Crippen LogP contribution in [0.4, 0.5) is 5.69 Å². The molecule has 21 heavy (non-hydrogen) atoms. The molecule has 0 heterocycles. The summed E-state index contributed by atoms with van der Waals surface area (Å²) in [6.45, 7) is 2.05. The first-order valence-corrected chi connectivity index (χ1v) is 7.26. The highest BCUT2D eigenvalue weighted by Gasteiger charge is 2.20. The molecule has 0 aromatic heterocycles. The lowest BCUT2D eigenvalue weighted by Crippen LogP contribution is -2.17. The number of hydrogen-bond acceptors (Lipinski definition) is 3. The summed E-state index contributed by atoms with van der Waals surface area (Å²) in [5.74, 6) is 0.331. The second-order valence-electron chi connectivity index (χ2n) is 5.61. The van der Waals surface area contributed by atoms with Crippen molar-refractivity contribution in [3.8, 4) is 11.8 Å². The molecule has 2 aromatic carbocycles. The van der Waals surface area contributed by atoms with Gasteiger partial charge in [0.15, 0.2) is 0 Å². The van der Waals surface area contributed by atoms with Crippen LogP contribution in [0.1, 0.15) is 41.1 Å². The molecule has 2 aromatic rings. The normalized spacial score (nSPS) is 16.9. The minimum atomic E-state index is 0.238. The van der Waals surface area contributed by atoms with Crippen molar-refractivity contribution in [1.82, 2.24) is 0 Å². The van der Waals surface area contributed by atoms with Gasteiger partial charge in [0, 0.05) is 5.69 Å². The molecular weight excluding hydrogens is 260 g/mol. The van der Waals surface area contributed by atoms with Gasteiger partial charge in [0.25, 0.3) is 0 Å². The molecule has 1 aliphatic rings. The van der Waals surface area contributed by atoms with E-state index in [1.165, 1.54) is 11.1 Å². The number of aryl methyl sites for hydroxylation is 2. The summed E-state index contributed by atoms with van der Waals surface area (Å²) in [6, 6.07) is 13.8. The Balaban J connectivity index is 1.92. The van der Waals surface area contributed by atoms with E-state index < -0.39 is 0 Å². The van der Waals surface area contributed by atoms with Crippen LogP contribution in [0.2, 0.25) is 0 Å². The van der Waals surface area contributed by atoms with Gasteiger partial charge >= 0.3 is 0 Å². The zero-order chi connectivity index (χ0) is 14.8. The fourth-order valence-corrected chi connectivity index (χ4v) is 2.99. The molecule has 0 bridgehead atoms. The number of phenols is 1. The molecule has 3 rings (SSSR count). The van der Waals surface area contributed by atoms with Crippen molar-refractivity contribution in [2.75, 3.05) is 5.32 Å².